The molecule has 4 aromatic rings. The molecule has 2 fully saturated rings. The molecule has 2 aliphatic heterocycles. The monoisotopic (exact) mass is 535 g/mol. The van der Waals surface area contributed by atoms with Crippen molar-refractivity contribution in [3.8, 4) is 28.8 Å². The van der Waals surface area contributed by atoms with Crippen molar-refractivity contribution in [1.29, 1.82) is 5.26 Å². The van der Waals surface area contributed by atoms with E-state index in [0.29, 0.717) is 35.2 Å². The third kappa shape index (κ3) is 5.71. The number of fused-ring (bicyclic) bond motifs is 1. The normalized spacial score (nSPS) is 21.2. The Morgan fingerprint density at radius 3 is 2.55 bits per heavy atom. The summed E-state index contributed by atoms with van der Waals surface area (Å²) >= 11 is 0. The number of aromatic nitrogens is 2. The number of nitrogens with zero attached hydrogens (tertiary/aromatic N) is 3. The van der Waals surface area contributed by atoms with Gasteiger partial charge in [-0.2, -0.15) is 5.26 Å². The predicted octanol–water partition coefficient (Wildman–Crippen LogP) is 5.00. The van der Waals surface area contributed by atoms with E-state index in [1.165, 1.54) is 0 Å². The molecule has 0 aliphatic carbocycles. The zero-order chi connectivity index (χ0) is 27.3. The van der Waals surface area contributed by atoms with Gasteiger partial charge in [0.15, 0.2) is 6.10 Å². The van der Waals surface area contributed by atoms with Gasteiger partial charge in [-0.25, -0.2) is 14.8 Å². The van der Waals surface area contributed by atoms with Crippen LogP contribution in [0.4, 0.5) is 16.4 Å². The minimum Gasteiger partial charge on any atom is -0.457 e. The van der Waals surface area contributed by atoms with Crippen molar-refractivity contribution in [2.24, 2.45) is 0 Å². The van der Waals surface area contributed by atoms with Crippen molar-refractivity contribution < 1.29 is 23.7 Å². The molecule has 2 saturated heterocycles. The number of nitrogens with one attached hydrogen (secondary N) is 2. The van der Waals surface area contributed by atoms with Crippen molar-refractivity contribution >= 4 is 17.7 Å². The molecule has 4 atom stereocenters. The maximum atomic E-state index is 12.6. The highest BCUT2D eigenvalue weighted by molar-refractivity contribution is 5.84. The summed E-state index contributed by atoms with van der Waals surface area (Å²) in [5.41, 5.74) is 2.64. The minimum absolute atomic E-state index is 0.215. The van der Waals surface area contributed by atoms with Gasteiger partial charge in [-0.3, -0.25) is 5.32 Å². The maximum absolute atomic E-state index is 12.6. The van der Waals surface area contributed by atoms with Crippen LogP contribution in [0.3, 0.4) is 0 Å². The third-order valence-electron chi connectivity index (χ3n) is 6.60. The smallest absolute Gasteiger partial charge is 0.412 e. The van der Waals surface area contributed by atoms with E-state index >= 15 is 0 Å². The molecule has 10 nitrogen and oxygen atoms in total. The largest absolute Gasteiger partial charge is 0.457 e. The van der Waals surface area contributed by atoms with Crippen LogP contribution in [0.25, 0.3) is 11.3 Å². The summed E-state index contributed by atoms with van der Waals surface area (Å²) in [4.78, 5) is 21.5. The standard InChI is InChI=1S/C30H25N5O5/c31-16-19-5-4-6-20(15-19)24-13-14-32-29(34-24)35-25-17-37-28-26(18-38-27(25)28)40-30(36)33-21-9-11-23(12-10-21)39-22-7-2-1-3-8-22/h1-15,25-28H,17-18H2,(H,33,36)(H,32,34,35). The van der Waals surface area contributed by atoms with Crippen molar-refractivity contribution in [2.75, 3.05) is 23.8 Å². The molecule has 10 heteroatoms. The van der Waals surface area contributed by atoms with Crippen LogP contribution in [0.5, 0.6) is 11.5 Å². The van der Waals surface area contributed by atoms with Gasteiger partial charge in [0.1, 0.15) is 23.7 Å². The number of benzene rings is 3. The molecule has 3 aromatic carbocycles. The lowest BCUT2D eigenvalue weighted by Crippen LogP contribution is -2.38. The Kier molecular flexibility index (Phi) is 7.22. The second-order valence-corrected chi connectivity index (χ2v) is 9.31. The first-order chi connectivity index (χ1) is 19.6. The number of nitriles is 1. The summed E-state index contributed by atoms with van der Waals surface area (Å²) in [6.07, 6.45) is -0.245. The van der Waals surface area contributed by atoms with E-state index < -0.39 is 18.3 Å². The van der Waals surface area contributed by atoms with Gasteiger partial charge in [0.05, 0.1) is 36.6 Å². The summed E-state index contributed by atoms with van der Waals surface area (Å²) in [6.45, 7) is 0.559. The van der Waals surface area contributed by atoms with Gasteiger partial charge in [0, 0.05) is 17.4 Å². The second-order valence-electron chi connectivity index (χ2n) is 9.31. The zero-order valence-electron chi connectivity index (χ0n) is 21.3. The number of hydrogen-bond acceptors (Lipinski definition) is 9. The van der Waals surface area contributed by atoms with Crippen LogP contribution in [-0.2, 0) is 14.2 Å². The van der Waals surface area contributed by atoms with E-state index in [4.69, 9.17) is 18.9 Å². The van der Waals surface area contributed by atoms with E-state index in [-0.39, 0.29) is 18.8 Å². The number of amides is 1. The van der Waals surface area contributed by atoms with Crippen LogP contribution in [0.1, 0.15) is 5.56 Å². The Morgan fingerprint density at radius 2 is 1.73 bits per heavy atom. The first-order valence-corrected chi connectivity index (χ1v) is 12.8. The third-order valence-corrected chi connectivity index (χ3v) is 6.60. The number of para-hydroxylation sites is 1. The Morgan fingerprint density at radius 1 is 0.925 bits per heavy atom. The van der Waals surface area contributed by atoms with Gasteiger partial charge in [0.2, 0.25) is 5.95 Å². The van der Waals surface area contributed by atoms with Crippen molar-refractivity contribution in [3.05, 3.63) is 96.7 Å². The summed E-state index contributed by atoms with van der Waals surface area (Å²) in [5, 5.41) is 15.2. The molecule has 4 unspecified atom stereocenters. The Balaban J connectivity index is 1.03. The quantitative estimate of drug-likeness (QED) is 0.336. The predicted molar refractivity (Wildman–Crippen MR) is 146 cm³/mol. The molecule has 6 rings (SSSR count). The van der Waals surface area contributed by atoms with Crippen molar-refractivity contribution in [1.82, 2.24) is 9.97 Å². The fourth-order valence-corrected chi connectivity index (χ4v) is 4.71. The molecular weight excluding hydrogens is 510 g/mol. The number of rotatable bonds is 7. The average molecular weight is 536 g/mol. The lowest BCUT2D eigenvalue weighted by molar-refractivity contribution is 0.00917. The number of carbonyl (C=O) groups excluding carboxylic acids is 1. The van der Waals surface area contributed by atoms with Gasteiger partial charge in [0.25, 0.3) is 0 Å². The molecule has 0 spiro atoms. The molecule has 0 radical (unpaired) electrons. The lowest BCUT2D eigenvalue weighted by Gasteiger charge is -2.18. The highest BCUT2D eigenvalue weighted by Gasteiger charge is 2.49. The number of anilines is 2. The molecule has 0 bridgehead atoms. The number of carbonyl (C=O) groups is 1. The molecule has 1 amide bonds. The topological polar surface area (TPSA) is 128 Å². The minimum atomic E-state index is -0.596. The Labute approximate surface area is 230 Å². The summed E-state index contributed by atoms with van der Waals surface area (Å²) in [6, 6.07) is 27.4. The SMILES string of the molecule is N#Cc1cccc(-c2ccnc(NC3COC4C(OC(=O)Nc5ccc(Oc6ccccc6)cc5)COC34)n2)c1. The van der Waals surface area contributed by atoms with E-state index in [2.05, 4.69) is 26.7 Å². The lowest BCUT2D eigenvalue weighted by atomic mass is 10.1. The van der Waals surface area contributed by atoms with Gasteiger partial charge in [-0.05, 0) is 54.6 Å². The molecule has 2 N–H and O–H groups in total. The fraction of sp³-hybridized carbons (Fsp3) is 0.200. The molecule has 40 heavy (non-hydrogen) atoms. The van der Waals surface area contributed by atoms with Crippen LogP contribution in [0.15, 0.2) is 91.1 Å². The highest BCUT2D eigenvalue weighted by Crippen LogP contribution is 2.31. The van der Waals surface area contributed by atoms with Crippen LogP contribution in [0.2, 0.25) is 0 Å². The van der Waals surface area contributed by atoms with Crippen LogP contribution >= 0.6 is 0 Å². The van der Waals surface area contributed by atoms with Crippen LogP contribution in [-0.4, -0.2) is 53.6 Å². The first-order valence-electron chi connectivity index (χ1n) is 12.8. The fourth-order valence-electron chi connectivity index (χ4n) is 4.71. The molecule has 1 aromatic heterocycles. The van der Waals surface area contributed by atoms with E-state index in [0.717, 1.165) is 11.3 Å². The summed E-state index contributed by atoms with van der Waals surface area (Å²) in [7, 11) is 0. The van der Waals surface area contributed by atoms with Gasteiger partial charge in [-0.15, -0.1) is 0 Å². The number of hydrogen-bond donors (Lipinski definition) is 2. The van der Waals surface area contributed by atoms with Crippen LogP contribution < -0.4 is 15.4 Å². The first kappa shape index (κ1) is 25.3. The molecule has 200 valence electrons. The maximum Gasteiger partial charge on any atom is 0.412 e. The van der Waals surface area contributed by atoms with Gasteiger partial charge in [-0.1, -0.05) is 30.3 Å². The average Bonchev–Trinajstić information content (AvgIpc) is 3.58. The van der Waals surface area contributed by atoms with Gasteiger partial charge < -0.3 is 24.3 Å². The zero-order valence-corrected chi connectivity index (χ0v) is 21.3. The second kappa shape index (κ2) is 11.4. The summed E-state index contributed by atoms with van der Waals surface area (Å²) in [5.74, 6) is 1.80. The molecule has 0 saturated carbocycles. The Hall–Kier alpha value is -4.98. The molecule has 2 aliphatic rings. The van der Waals surface area contributed by atoms with Gasteiger partial charge >= 0.3 is 6.09 Å². The summed E-state index contributed by atoms with van der Waals surface area (Å²) < 4.78 is 23.3. The van der Waals surface area contributed by atoms with E-state index in [9.17, 15) is 10.1 Å². The molecule has 3 heterocycles. The van der Waals surface area contributed by atoms with Crippen molar-refractivity contribution in [2.45, 2.75) is 24.4 Å². The Bertz CT molecular complexity index is 1530. The van der Waals surface area contributed by atoms with E-state index in [1.807, 2.05) is 42.5 Å². The van der Waals surface area contributed by atoms with E-state index in [1.54, 1.807) is 48.7 Å². The van der Waals surface area contributed by atoms with Crippen LogP contribution in [0, 0.1) is 11.3 Å². The molecular formula is C30H25N5O5. The highest BCUT2D eigenvalue weighted by atomic mass is 16.6. The van der Waals surface area contributed by atoms with Crippen molar-refractivity contribution in [3.63, 3.8) is 0 Å². The number of ether oxygens (including phenoxy) is 4.